The summed E-state index contributed by atoms with van der Waals surface area (Å²) in [5, 5.41) is 4.13. The van der Waals surface area contributed by atoms with E-state index in [0.29, 0.717) is 0 Å². The molecule has 2 rings (SSSR count). The minimum atomic E-state index is 0.0661. The molecule has 0 aromatic carbocycles. The van der Waals surface area contributed by atoms with Gasteiger partial charge in [-0.15, -0.1) is 0 Å². The van der Waals surface area contributed by atoms with Crippen molar-refractivity contribution in [2.45, 2.75) is 18.9 Å². The number of nitrogens with one attached hydrogen (secondary N) is 1. The second-order valence-corrected chi connectivity index (χ2v) is 3.95. The van der Waals surface area contributed by atoms with E-state index in [1.54, 1.807) is 17.1 Å². The minimum Gasteiger partial charge on any atom is -0.276 e. The monoisotopic (exact) mass is 232 g/mol. The van der Waals surface area contributed by atoms with Crippen LogP contribution in [0.4, 0.5) is 0 Å². The summed E-state index contributed by atoms with van der Waals surface area (Å²) in [4.78, 5) is 7.98. The van der Waals surface area contributed by atoms with Crippen LogP contribution in [0.2, 0.25) is 0 Å². The lowest BCUT2D eigenvalue weighted by Crippen LogP contribution is -2.28. The third-order valence-corrected chi connectivity index (χ3v) is 2.66. The molecule has 0 fully saturated rings. The van der Waals surface area contributed by atoms with E-state index in [4.69, 9.17) is 5.84 Å². The Bertz CT molecular complexity index is 452. The molecule has 17 heavy (non-hydrogen) atoms. The van der Waals surface area contributed by atoms with E-state index >= 15 is 0 Å². The van der Waals surface area contributed by atoms with E-state index in [1.165, 1.54) is 11.9 Å². The first-order valence-electron chi connectivity index (χ1n) is 5.48. The molecule has 0 aliphatic carbocycles. The number of aryl methyl sites for hydroxylation is 2. The number of hydrogen-bond acceptors (Lipinski definition) is 5. The van der Waals surface area contributed by atoms with E-state index in [-0.39, 0.29) is 6.04 Å². The fraction of sp³-hybridized carbons (Fsp3) is 0.364. The zero-order chi connectivity index (χ0) is 12.1. The number of hydrogen-bond donors (Lipinski definition) is 2. The lowest BCUT2D eigenvalue weighted by atomic mass is 10.0. The molecule has 0 spiro atoms. The quantitative estimate of drug-likeness (QED) is 0.574. The molecule has 1 atom stereocenters. The van der Waals surface area contributed by atoms with Gasteiger partial charge in [0.05, 0.1) is 6.20 Å². The van der Waals surface area contributed by atoms with Gasteiger partial charge in [-0.1, -0.05) is 0 Å². The highest BCUT2D eigenvalue weighted by molar-refractivity contribution is 5.11. The van der Waals surface area contributed by atoms with Gasteiger partial charge in [0.2, 0.25) is 0 Å². The molecule has 0 aliphatic rings. The lowest BCUT2D eigenvalue weighted by Gasteiger charge is -2.14. The standard InChI is InChI=1S/C11H16N6/c1-17-7-9(4-15-17)2-3-11(16-12)10-5-13-8-14-6-10/h4-8,11,16H,2-3,12H2,1H3. The molecular formula is C11H16N6. The van der Waals surface area contributed by atoms with Crippen molar-refractivity contribution in [1.29, 1.82) is 0 Å². The maximum Gasteiger partial charge on any atom is 0.115 e. The molecule has 3 N–H and O–H groups in total. The topological polar surface area (TPSA) is 81.7 Å². The summed E-state index contributed by atoms with van der Waals surface area (Å²) >= 11 is 0. The van der Waals surface area contributed by atoms with Gasteiger partial charge in [-0.2, -0.15) is 5.10 Å². The average molecular weight is 232 g/mol. The van der Waals surface area contributed by atoms with Gasteiger partial charge in [0.15, 0.2) is 0 Å². The summed E-state index contributed by atoms with van der Waals surface area (Å²) in [5.41, 5.74) is 4.99. The molecular weight excluding hydrogens is 216 g/mol. The maximum absolute atomic E-state index is 5.55. The zero-order valence-corrected chi connectivity index (χ0v) is 9.74. The van der Waals surface area contributed by atoms with Crippen molar-refractivity contribution in [2.75, 3.05) is 0 Å². The van der Waals surface area contributed by atoms with Crippen molar-refractivity contribution in [3.8, 4) is 0 Å². The normalized spacial score (nSPS) is 12.6. The molecule has 0 radical (unpaired) electrons. The Hall–Kier alpha value is -1.79. The molecule has 2 aromatic heterocycles. The number of hydrazine groups is 1. The van der Waals surface area contributed by atoms with Crippen molar-refractivity contribution in [2.24, 2.45) is 12.9 Å². The number of nitrogens with two attached hydrogens (primary N) is 1. The van der Waals surface area contributed by atoms with Crippen molar-refractivity contribution >= 4 is 0 Å². The molecule has 90 valence electrons. The Labute approximate surface area is 99.9 Å². The van der Waals surface area contributed by atoms with Crippen LogP contribution in [-0.4, -0.2) is 19.7 Å². The fourth-order valence-electron chi connectivity index (χ4n) is 1.75. The van der Waals surface area contributed by atoms with Crippen LogP contribution in [0.25, 0.3) is 0 Å². The Balaban J connectivity index is 1.97. The third-order valence-electron chi connectivity index (χ3n) is 2.66. The molecule has 2 heterocycles. The van der Waals surface area contributed by atoms with Crippen LogP contribution in [0.3, 0.4) is 0 Å². The highest BCUT2D eigenvalue weighted by Crippen LogP contribution is 2.16. The van der Waals surface area contributed by atoms with Crippen LogP contribution in [0, 0.1) is 0 Å². The summed E-state index contributed by atoms with van der Waals surface area (Å²) in [6.45, 7) is 0. The molecule has 0 aliphatic heterocycles. The van der Waals surface area contributed by atoms with E-state index in [1.807, 2.05) is 19.4 Å². The van der Waals surface area contributed by atoms with Crippen LogP contribution in [0.5, 0.6) is 0 Å². The van der Waals surface area contributed by atoms with Crippen LogP contribution >= 0.6 is 0 Å². The number of rotatable bonds is 5. The van der Waals surface area contributed by atoms with Crippen molar-refractivity contribution in [3.63, 3.8) is 0 Å². The molecule has 2 aromatic rings. The maximum atomic E-state index is 5.55. The van der Waals surface area contributed by atoms with Crippen molar-refractivity contribution < 1.29 is 0 Å². The Morgan fingerprint density at radius 1 is 1.35 bits per heavy atom. The Morgan fingerprint density at radius 3 is 2.71 bits per heavy atom. The van der Waals surface area contributed by atoms with Crippen LogP contribution < -0.4 is 11.3 Å². The highest BCUT2D eigenvalue weighted by Gasteiger charge is 2.10. The summed E-state index contributed by atoms with van der Waals surface area (Å²) in [6.07, 6.45) is 10.7. The Morgan fingerprint density at radius 2 is 2.12 bits per heavy atom. The summed E-state index contributed by atoms with van der Waals surface area (Å²) in [7, 11) is 1.91. The first kappa shape index (κ1) is 11.7. The number of aromatic nitrogens is 4. The van der Waals surface area contributed by atoms with Gasteiger partial charge in [0.1, 0.15) is 6.33 Å². The van der Waals surface area contributed by atoms with Crippen molar-refractivity contribution in [1.82, 2.24) is 25.2 Å². The molecule has 0 bridgehead atoms. The largest absolute Gasteiger partial charge is 0.276 e. The molecule has 0 saturated carbocycles. The van der Waals surface area contributed by atoms with Crippen LogP contribution in [0.1, 0.15) is 23.6 Å². The van der Waals surface area contributed by atoms with Crippen LogP contribution in [0.15, 0.2) is 31.1 Å². The van der Waals surface area contributed by atoms with E-state index < -0.39 is 0 Å². The molecule has 6 heteroatoms. The lowest BCUT2D eigenvalue weighted by molar-refractivity contribution is 0.513. The summed E-state index contributed by atoms with van der Waals surface area (Å²) < 4.78 is 1.80. The fourth-order valence-corrected chi connectivity index (χ4v) is 1.75. The van der Waals surface area contributed by atoms with Gasteiger partial charge < -0.3 is 0 Å². The first-order valence-corrected chi connectivity index (χ1v) is 5.48. The van der Waals surface area contributed by atoms with Gasteiger partial charge >= 0.3 is 0 Å². The zero-order valence-electron chi connectivity index (χ0n) is 9.74. The molecule has 0 amide bonds. The predicted molar refractivity (Wildman–Crippen MR) is 63.6 cm³/mol. The molecule has 6 nitrogen and oxygen atoms in total. The molecule has 0 saturated heterocycles. The Kier molecular flexibility index (Phi) is 3.79. The minimum absolute atomic E-state index is 0.0661. The predicted octanol–water partition coefficient (Wildman–Crippen LogP) is 0.347. The summed E-state index contributed by atoms with van der Waals surface area (Å²) in [6, 6.07) is 0.0661. The van der Waals surface area contributed by atoms with E-state index in [9.17, 15) is 0 Å². The van der Waals surface area contributed by atoms with Crippen molar-refractivity contribution in [3.05, 3.63) is 42.2 Å². The van der Waals surface area contributed by atoms with Gasteiger partial charge in [-0.3, -0.25) is 16.0 Å². The van der Waals surface area contributed by atoms with Crippen LogP contribution in [-0.2, 0) is 13.5 Å². The smallest absolute Gasteiger partial charge is 0.115 e. The second kappa shape index (κ2) is 5.51. The summed E-state index contributed by atoms with van der Waals surface area (Å²) in [5.74, 6) is 5.55. The average Bonchev–Trinajstić information content (AvgIpc) is 2.77. The van der Waals surface area contributed by atoms with Gasteiger partial charge in [-0.25, -0.2) is 9.97 Å². The first-order chi connectivity index (χ1) is 8.29. The second-order valence-electron chi connectivity index (χ2n) is 3.95. The van der Waals surface area contributed by atoms with Gasteiger partial charge in [0.25, 0.3) is 0 Å². The highest BCUT2D eigenvalue weighted by atomic mass is 15.2. The van der Waals surface area contributed by atoms with Gasteiger partial charge in [0, 0.05) is 37.2 Å². The van der Waals surface area contributed by atoms with E-state index in [2.05, 4.69) is 20.5 Å². The van der Waals surface area contributed by atoms with Gasteiger partial charge in [-0.05, 0) is 18.4 Å². The van der Waals surface area contributed by atoms with E-state index in [0.717, 1.165) is 18.4 Å². The molecule has 1 unspecified atom stereocenters. The SMILES string of the molecule is Cn1cc(CCC(NN)c2cncnc2)cn1. The third kappa shape index (κ3) is 3.08. The number of nitrogens with zero attached hydrogens (tertiary/aromatic N) is 4.